The van der Waals surface area contributed by atoms with Crippen LogP contribution in [0.4, 0.5) is 0 Å². The predicted octanol–water partition coefficient (Wildman–Crippen LogP) is 2.46. The van der Waals surface area contributed by atoms with Gasteiger partial charge in [0.05, 0.1) is 31.8 Å². The van der Waals surface area contributed by atoms with Crippen LogP contribution in [0.5, 0.6) is 0 Å². The van der Waals surface area contributed by atoms with Crippen LogP contribution >= 0.6 is 0 Å². The van der Waals surface area contributed by atoms with Gasteiger partial charge in [-0.3, -0.25) is 0 Å². The highest BCUT2D eigenvalue weighted by Crippen LogP contribution is 2.38. The first kappa shape index (κ1) is 19.9. The van der Waals surface area contributed by atoms with E-state index in [9.17, 15) is 5.11 Å². The number of aliphatic hydroxyl groups is 1. The van der Waals surface area contributed by atoms with E-state index in [0.717, 1.165) is 11.1 Å². The number of aliphatic imine (C=N–C) groups is 1. The molecule has 1 N–H and O–H groups in total. The Morgan fingerprint density at radius 3 is 2.21 bits per heavy atom. The number of hydrogen-bond donors (Lipinski definition) is 1. The van der Waals surface area contributed by atoms with Crippen LogP contribution in [-0.4, -0.2) is 61.1 Å². The van der Waals surface area contributed by atoms with Crippen LogP contribution in [-0.2, 0) is 27.4 Å². The van der Waals surface area contributed by atoms with Gasteiger partial charge in [0.25, 0.3) is 6.02 Å². The van der Waals surface area contributed by atoms with Crippen LogP contribution in [0.15, 0.2) is 65.7 Å². The largest absolute Gasteiger partial charge is 0.459 e. The number of ether oxygens (including phenoxy) is 3. The average Bonchev–Trinajstić information content (AvgIpc) is 3.27. The van der Waals surface area contributed by atoms with E-state index in [-0.39, 0.29) is 18.1 Å². The first-order valence-corrected chi connectivity index (χ1v) is 10.0. The molecule has 1 aliphatic heterocycles. The van der Waals surface area contributed by atoms with Gasteiger partial charge < -0.3 is 24.2 Å². The highest BCUT2D eigenvalue weighted by Gasteiger charge is 2.55. The lowest BCUT2D eigenvalue weighted by Crippen LogP contribution is -2.36. The molecule has 0 radical (unpaired) electrons. The standard InChI is InChI=1S/C23H28N2O4/c1-25(2)23-24-19-21(29-23)18(15-27-13-16-9-5-3-6-10-16)20(26)22(19)28-14-17-11-7-4-8-12-17/h3-12,18-22,26H,13-15H2,1-2H3/t18-,19+,20-,21+,22-/m1/s1. The van der Waals surface area contributed by atoms with Gasteiger partial charge in [0.2, 0.25) is 0 Å². The van der Waals surface area contributed by atoms with Crippen LogP contribution in [0.3, 0.4) is 0 Å². The zero-order chi connectivity index (χ0) is 20.2. The molecule has 2 aromatic carbocycles. The van der Waals surface area contributed by atoms with E-state index < -0.39 is 12.2 Å². The third-order valence-electron chi connectivity index (χ3n) is 5.46. The fourth-order valence-electron chi connectivity index (χ4n) is 3.93. The monoisotopic (exact) mass is 396 g/mol. The SMILES string of the molecule is CN(C)C1=N[C@@H]2[C@@H](OCc3ccccc3)[C@H](O)[C@@H](COCc3ccccc3)[C@@H]2O1. The highest BCUT2D eigenvalue weighted by molar-refractivity contribution is 5.75. The maximum atomic E-state index is 11.0. The Labute approximate surface area is 171 Å². The van der Waals surface area contributed by atoms with Crippen LogP contribution in [0.2, 0.25) is 0 Å². The third kappa shape index (κ3) is 4.45. The van der Waals surface area contributed by atoms with Crippen LogP contribution < -0.4 is 0 Å². The van der Waals surface area contributed by atoms with E-state index in [1.54, 1.807) is 0 Å². The Morgan fingerprint density at radius 2 is 1.59 bits per heavy atom. The van der Waals surface area contributed by atoms with Gasteiger partial charge in [-0.2, -0.15) is 0 Å². The molecular formula is C23H28N2O4. The van der Waals surface area contributed by atoms with Crippen LogP contribution in [0, 0.1) is 5.92 Å². The van der Waals surface area contributed by atoms with Crippen molar-refractivity contribution in [3.05, 3.63) is 71.8 Å². The van der Waals surface area contributed by atoms with E-state index in [0.29, 0.717) is 25.8 Å². The Balaban J connectivity index is 1.43. The molecule has 5 atom stereocenters. The lowest BCUT2D eigenvalue weighted by molar-refractivity contribution is -0.0613. The van der Waals surface area contributed by atoms with Crippen LogP contribution in [0.1, 0.15) is 11.1 Å². The number of nitrogens with zero attached hydrogens (tertiary/aromatic N) is 2. The summed E-state index contributed by atoms with van der Waals surface area (Å²) in [5, 5.41) is 11.0. The Bertz CT molecular complexity index is 812. The molecule has 4 rings (SSSR count). The lowest BCUT2D eigenvalue weighted by Gasteiger charge is -2.23. The summed E-state index contributed by atoms with van der Waals surface area (Å²) in [5.41, 5.74) is 2.17. The molecule has 154 valence electrons. The Morgan fingerprint density at radius 1 is 0.966 bits per heavy atom. The molecule has 0 saturated heterocycles. The summed E-state index contributed by atoms with van der Waals surface area (Å²) >= 11 is 0. The molecule has 2 aromatic rings. The van der Waals surface area contributed by atoms with Gasteiger partial charge in [0.1, 0.15) is 18.2 Å². The van der Waals surface area contributed by atoms with Crippen molar-refractivity contribution in [3.8, 4) is 0 Å². The smallest absolute Gasteiger partial charge is 0.287 e. The third-order valence-corrected chi connectivity index (χ3v) is 5.46. The summed E-state index contributed by atoms with van der Waals surface area (Å²) in [4.78, 5) is 6.54. The Hall–Kier alpha value is -2.41. The van der Waals surface area contributed by atoms with Gasteiger partial charge in [-0.25, -0.2) is 4.99 Å². The molecule has 2 aliphatic rings. The second kappa shape index (κ2) is 8.95. The summed E-state index contributed by atoms with van der Waals surface area (Å²) in [5.74, 6) is -0.203. The molecule has 1 aliphatic carbocycles. The molecule has 1 fully saturated rings. The van der Waals surface area contributed by atoms with Crippen molar-refractivity contribution in [1.29, 1.82) is 0 Å². The second-order valence-corrected chi connectivity index (χ2v) is 7.80. The van der Waals surface area contributed by atoms with E-state index in [1.165, 1.54) is 0 Å². The molecule has 6 nitrogen and oxygen atoms in total. The molecule has 29 heavy (non-hydrogen) atoms. The topological polar surface area (TPSA) is 63.5 Å². The minimum absolute atomic E-state index is 0.203. The lowest BCUT2D eigenvalue weighted by atomic mass is 10.0. The number of rotatable bonds is 7. The molecule has 1 heterocycles. The number of hydrogen-bond acceptors (Lipinski definition) is 6. The number of fused-ring (bicyclic) bond motifs is 1. The molecule has 0 unspecified atom stereocenters. The van der Waals surface area contributed by atoms with Gasteiger partial charge >= 0.3 is 0 Å². The average molecular weight is 396 g/mol. The van der Waals surface area contributed by atoms with Gasteiger partial charge in [0, 0.05) is 14.1 Å². The summed E-state index contributed by atoms with van der Waals surface area (Å²) in [6.45, 7) is 1.31. The summed E-state index contributed by atoms with van der Waals surface area (Å²) in [6, 6.07) is 20.3. The maximum absolute atomic E-state index is 11.0. The quantitative estimate of drug-likeness (QED) is 0.779. The fourth-order valence-corrected chi connectivity index (χ4v) is 3.93. The van der Waals surface area contributed by atoms with Crippen molar-refractivity contribution in [3.63, 3.8) is 0 Å². The van der Waals surface area contributed by atoms with Gasteiger partial charge in [0.15, 0.2) is 0 Å². The van der Waals surface area contributed by atoms with Gasteiger partial charge in [-0.1, -0.05) is 60.7 Å². The molecule has 0 amide bonds. The highest BCUT2D eigenvalue weighted by atomic mass is 16.5. The van der Waals surface area contributed by atoms with Crippen molar-refractivity contribution in [2.75, 3.05) is 20.7 Å². The zero-order valence-corrected chi connectivity index (χ0v) is 16.8. The van der Waals surface area contributed by atoms with Crippen LogP contribution in [0.25, 0.3) is 0 Å². The zero-order valence-electron chi connectivity index (χ0n) is 16.8. The predicted molar refractivity (Wildman–Crippen MR) is 110 cm³/mol. The van der Waals surface area contributed by atoms with Gasteiger partial charge in [-0.05, 0) is 11.1 Å². The maximum Gasteiger partial charge on any atom is 0.287 e. The summed E-state index contributed by atoms with van der Waals surface area (Å²) in [7, 11) is 3.80. The molecule has 1 saturated carbocycles. The molecule has 0 aromatic heterocycles. The number of aliphatic hydroxyl groups excluding tert-OH is 1. The fraction of sp³-hybridized carbons (Fsp3) is 0.435. The minimum Gasteiger partial charge on any atom is -0.459 e. The first-order valence-electron chi connectivity index (χ1n) is 10.0. The van der Waals surface area contributed by atoms with Crippen molar-refractivity contribution in [1.82, 2.24) is 4.90 Å². The van der Waals surface area contributed by atoms with E-state index in [4.69, 9.17) is 14.2 Å². The molecule has 0 spiro atoms. The van der Waals surface area contributed by atoms with Gasteiger partial charge in [-0.15, -0.1) is 0 Å². The Kier molecular flexibility index (Phi) is 6.13. The molecule has 0 bridgehead atoms. The number of benzene rings is 2. The van der Waals surface area contributed by atoms with Crippen molar-refractivity contribution < 1.29 is 19.3 Å². The minimum atomic E-state index is -0.697. The second-order valence-electron chi connectivity index (χ2n) is 7.80. The summed E-state index contributed by atoms with van der Waals surface area (Å²) < 4.78 is 18.1. The first-order chi connectivity index (χ1) is 14.1. The summed E-state index contributed by atoms with van der Waals surface area (Å²) in [6.07, 6.45) is -1.38. The van der Waals surface area contributed by atoms with Crippen molar-refractivity contribution >= 4 is 6.02 Å². The van der Waals surface area contributed by atoms with Crippen molar-refractivity contribution in [2.24, 2.45) is 10.9 Å². The normalized spacial score (nSPS) is 28.0. The molecular weight excluding hydrogens is 368 g/mol. The molecule has 6 heteroatoms. The van der Waals surface area contributed by atoms with E-state index in [1.807, 2.05) is 79.7 Å². The number of amidine groups is 1. The van der Waals surface area contributed by atoms with E-state index >= 15 is 0 Å². The van der Waals surface area contributed by atoms with Crippen molar-refractivity contribution in [2.45, 2.75) is 37.6 Å². The van der Waals surface area contributed by atoms with E-state index in [2.05, 4.69) is 4.99 Å².